The average molecular weight is 315 g/mol. The molecule has 21 heavy (non-hydrogen) atoms. The lowest BCUT2D eigenvalue weighted by Gasteiger charge is -2.18. The molecule has 0 aromatic heterocycles. The molecule has 1 heterocycles. The highest BCUT2D eigenvalue weighted by atomic mass is 32.2. The van der Waals surface area contributed by atoms with Crippen molar-refractivity contribution < 1.29 is 22.7 Å². The van der Waals surface area contributed by atoms with Crippen LogP contribution >= 0.6 is 0 Å². The molecular formula is C12H14FN3O4S. The number of phenols is 1. The van der Waals surface area contributed by atoms with Gasteiger partial charge >= 0.3 is 10.2 Å². The van der Waals surface area contributed by atoms with Gasteiger partial charge in [0.2, 0.25) is 0 Å². The van der Waals surface area contributed by atoms with Crippen molar-refractivity contribution in [3.05, 3.63) is 23.0 Å². The highest BCUT2D eigenvalue weighted by Gasteiger charge is 2.39. The molecule has 1 aliphatic carbocycles. The predicted octanol–water partition coefficient (Wildman–Crippen LogP) is -0.614. The molecule has 0 spiro atoms. The predicted molar refractivity (Wildman–Crippen MR) is 72.4 cm³/mol. The molecule has 0 radical (unpaired) electrons. The minimum absolute atomic E-state index is 0.0686. The van der Waals surface area contributed by atoms with Crippen LogP contribution in [0.25, 0.3) is 0 Å². The first kappa shape index (κ1) is 14.1. The fraction of sp³-hybridized carbons (Fsp3) is 0.417. The summed E-state index contributed by atoms with van der Waals surface area (Å²) in [6, 6.07) is 1.35. The molecule has 1 fully saturated rings. The van der Waals surface area contributed by atoms with Gasteiger partial charge in [-0.15, -0.1) is 0 Å². The summed E-state index contributed by atoms with van der Waals surface area (Å²) in [7, 11) is -4.16. The van der Waals surface area contributed by atoms with Crippen LogP contribution < -0.4 is 14.8 Å². The molecule has 0 saturated carbocycles. The molecule has 1 aliphatic heterocycles. The zero-order valence-corrected chi connectivity index (χ0v) is 11.8. The largest absolute Gasteiger partial charge is 0.506 e. The van der Waals surface area contributed by atoms with Crippen LogP contribution in [0.15, 0.2) is 6.07 Å². The van der Waals surface area contributed by atoms with Crippen molar-refractivity contribution in [1.29, 1.82) is 0 Å². The normalized spacial score (nSPS) is 23.2. The van der Waals surface area contributed by atoms with E-state index < -0.39 is 39.9 Å². The number of hydrogen-bond donors (Lipinski definition) is 3. The van der Waals surface area contributed by atoms with E-state index in [0.717, 1.165) is 0 Å². The number of hydrogen-bond acceptors (Lipinski definition) is 5. The molecule has 9 heteroatoms. The number of carbonyl (C=O) groups is 1. The molecule has 114 valence electrons. The minimum atomic E-state index is -4.16. The van der Waals surface area contributed by atoms with E-state index in [0.29, 0.717) is 34.8 Å². The monoisotopic (exact) mass is 315 g/mol. The maximum absolute atomic E-state index is 14.6. The number of amides is 1. The van der Waals surface area contributed by atoms with E-state index in [1.807, 2.05) is 0 Å². The van der Waals surface area contributed by atoms with Gasteiger partial charge in [0, 0.05) is 0 Å². The van der Waals surface area contributed by atoms with Crippen LogP contribution in [0.2, 0.25) is 0 Å². The van der Waals surface area contributed by atoms with Crippen molar-refractivity contribution in [2.75, 3.05) is 17.4 Å². The van der Waals surface area contributed by atoms with Crippen LogP contribution in [0.1, 0.15) is 11.1 Å². The molecule has 1 atom stereocenters. The number of aromatic hydroxyl groups is 1. The number of benzene rings is 1. The van der Waals surface area contributed by atoms with Gasteiger partial charge in [-0.25, -0.2) is 13.4 Å². The lowest BCUT2D eigenvalue weighted by atomic mass is 10.1. The Morgan fingerprint density at radius 2 is 2.19 bits per heavy atom. The quantitative estimate of drug-likeness (QED) is 0.673. The van der Waals surface area contributed by atoms with Crippen molar-refractivity contribution in [1.82, 2.24) is 4.72 Å². The third kappa shape index (κ3) is 2.12. The number of rotatable bonds is 2. The Hall–Kier alpha value is -1.87. The van der Waals surface area contributed by atoms with Gasteiger partial charge in [-0.3, -0.25) is 4.79 Å². The van der Waals surface area contributed by atoms with Crippen molar-refractivity contribution >= 4 is 21.8 Å². The Bertz CT molecular complexity index is 735. The second-order valence-corrected chi connectivity index (χ2v) is 6.84. The van der Waals surface area contributed by atoms with Gasteiger partial charge in [-0.1, -0.05) is 0 Å². The molecule has 3 rings (SSSR count). The average Bonchev–Trinajstić information content (AvgIpc) is 2.90. The lowest BCUT2D eigenvalue weighted by molar-refractivity contribution is -0.117. The van der Waals surface area contributed by atoms with Gasteiger partial charge in [0.15, 0.2) is 5.82 Å². The second-order valence-electron chi connectivity index (χ2n) is 5.24. The summed E-state index contributed by atoms with van der Waals surface area (Å²) in [5, 5.41) is 9.98. The van der Waals surface area contributed by atoms with Crippen molar-refractivity contribution in [3.63, 3.8) is 0 Å². The Morgan fingerprint density at radius 3 is 2.76 bits per heavy atom. The second kappa shape index (κ2) is 4.57. The summed E-state index contributed by atoms with van der Waals surface area (Å²) in [4.78, 5) is 11.2. The van der Waals surface area contributed by atoms with E-state index in [9.17, 15) is 22.7 Å². The van der Waals surface area contributed by atoms with E-state index in [1.54, 1.807) is 4.72 Å². The first-order valence-corrected chi connectivity index (χ1v) is 7.84. The number of halogens is 1. The number of anilines is 1. The van der Waals surface area contributed by atoms with Crippen molar-refractivity contribution in [2.45, 2.75) is 12.8 Å². The number of fused-ring (bicyclic) bond motifs is 1. The van der Waals surface area contributed by atoms with Gasteiger partial charge in [0.05, 0.1) is 0 Å². The minimum Gasteiger partial charge on any atom is -0.506 e. The molecule has 1 aromatic carbocycles. The van der Waals surface area contributed by atoms with Crippen LogP contribution in [-0.4, -0.2) is 32.5 Å². The van der Waals surface area contributed by atoms with Crippen LogP contribution in [0, 0.1) is 11.7 Å². The molecule has 1 aromatic rings. The maximum atomic E-state index is 14.6. The number of nitrogens with zero attached hydrogens (tertiary/aromatic N) is 1. The topological polar surface area (TPSA) is 113 Å². The van der Waals surface area contributed by atoms with Crippen molar-refractivity contribution in [3.8, 4) is 5.75 Å². The summed E-state index contributed by atoms with van der Waals surface area (Å²) >= 11 is 0. The van der Waals surface area contributed by atoms with Crippen LogP contribution in [0.5, 0.6) is 5.75 Å². The van der Waals surface area contributed by atoms with Gasteiger partial charge in [0.25, 0.3) is 5.91 Å². The van der Waals surface area contributed by atoms with Crippen LogP contribution in [-0.2, 0) is 27.8 Å². The van der Waals surface area contributed by atoms with E-state index in [4.69, 9.17) is 5.73 Å². The molecule has 1 amide bonds. The summed E-state index contributed by atoms with van der Waals surface area (Å²) in [6.07, 6.45) is 0.931. The van der Waals surface area contributed by atoms with E-state index in [-0.39, 0.29) is 5.92 Å². The highest BCUT2D eigenvalue weighted by Crippen LogP contribution is 2.41. The van der Waals surface area contributed by atoms with Crippen LogP contribution in [0.3, 0.4) is 0 Å². The first-order chi connectivity index (χ1) is 9.83. The Labute approximate surface area is 120 Å². The zero-order chi connectivity index (χ0) is 15.4. The molecule has 2 aliphatic rings. The van der Waals surface area contributed by atoms with E-state index >= 15 is 0 Å². The number of nitrogens with one attached hydrogen (secondary N) is 1. The van der Waals surface area contributed by atoms with Crippen LogP contribution in [0.4, 0.5) is 10.1 Å². The molecule has 7 nitrogen and oxygen atoms in total. The van der Waals surface area contributed by atoms with Gasteiger partial charge in [0.1, 0.15) is 18.0 Å². The van der Waals surface area contributed by atoms with Crippen molar-refractivity contribution in [2.24, 2.45) is 11.7 Å². The maximum Gasteiger partial charge on any atom is 0.326 e. The Balaban J connectivity index is 2.12. The summed E-state index contributed by atoms with van der Waals surface area (Å²) in [5.41, 5.74) is 6.07. The lowest BCUT2D eigenvalue weighted by Crippen LogP contribution is -2.30. The summed E-state index contributed by atoms with van der Waals surface area (Å²) in [6.45, 7) is -0.168. The summed E-state index contributed by atoms with van der Waals surface area (Å²) in [5.74, 6) is -2.00. The Morgan fingerprint density at radius 1 is 1.48 bits per heavy atom. The molecular weight excluding hydrogens is 301 g/mol. The molecule has 0 bridgehead atoms. The number of carbonyl (C=O) groups excluding carboxylic acids is 1. The van der Waals surface area contributed by atoms with Gasteiger partial charge < -0.3 is 10.8 Å². The summed E-state index contributed by atoms with van der Waals surface area (Å²) < 4.78 is 40.5. The zero-order valence-electron chi connectivity index (χ0n) is 11.0. The first-order valence-electron chi connectivity index (χ1n) is 6.40. The molecule has 1 saturated heterocycles. The fourth-order valence-electron chi connectivity index (χ4n) is 2.84. The molecule has 0 unspecified atom stereocenters. The number of nitrogens with two attached hydrogens (primary N) is 1. The van der Waals surface area contributed by atoms with E-state index in [1.165, 1.54) is 6.07 Å². The fourth-order valence-corrected chi connectivity index (χ4v) is 4.00. The Kier molecular flexibility index (Phi) is 3.06. The highest BCUT2D eigenvalue weighted by molar-refractivity contribution is 7.92. The van der Waals surface area contributed by atoms with E-state index in [2.05, 4.69) is 0 Å². The third-order valence-corrected chi connectivity index (χ3v) is 5.20. The van der Waals surface area contributed by atoms with Gasteiger partial charge in [-0.05, 0) is 42.5 Å². The van der Waals surface area contributed by atoms with Gasteiger partial charge in [-0.2, -0.15) is 8.42 Å². The standard InChI is InChI=1S/C12H14FN3O4S/c13-11-8-2-6(4-14)1-7(8)3-9(17)12(11)16-5-10(18)15-21(16,19)20/h3,6,17H,1-2,4-5,14H2,(H,15,18)/t6-/m1/s1. The third-order valence-electron chi connectivity index (χ3n) is 3.82. The SMILES string of the molecule is NC[C@@H]1Cc2cc(O)c(N3CC(=O)NS3(=O)=O)c(F)c2C1. The smallest absolute Gasteiger partial charge is 0.326 e. The number of phenolic OH excluding ortho intramolecular Hbond substituents is 1. The molecule has 4 N–H and O–H groups in total.